The quantitative estimate of drug-likeness (QED) is 0.426. The number of carbonyl (C=O) groups is 3. The SMILES string of the molecule is CC(C)(C)OC(=O)NCCC(=O)NCc1ccc(NC(=O)c2ccc(NS(C)(=O)=O)cc2)cc1. The Balaban J connectivity index is 1.77. The molecule has 4 N–H and O–H groups in total. The number of alkyl carbamates (subject to hydrolysis) is 1. The molecule has 10 nitrogen and oxygen atoms in total. The standard InChI is InChI=1S/C23H30N4O6S/c1-23(2,3)33-22(30)24-14-13-20(28)25-15-16-5-9-18(10-6-16)26-21(29)17-7-11-19(12-8-17)27-34(4,31)32/h5-12,27H,13-15H2,1-4H3,(H,24,30)(H,25,28)(H,26,29). The maximum absolute atomic E-state index is 12.4. The first-order valence-corrected chi connectivity index (χ1v) is 12.4. The first-order chi connectivity index (χ1) is 15.8. The molecule has 0 unspecified atom stereocenters. The van der Waals surface area contributed by atoms with Gasteiger partial charge in [0.25, 0.3) is 5.91 Å². The number of sulfonamides is 1. The minimum absolute atomic E-state index is 0.117. The minimum Gasteiger partial charge on any atom is -0.444 e. The summed E-state index contributed by atoms with van der Waals surface area (Å²) in [6.45, 7) is 5.74. The summed E-state index contributed by atoms with van der Waals surface area (Å²) in [4.78, 5) is 35.9. The van der Waals surface area contributed by atoms with E-state index in [1.54, 1.807) is 45.0 Å². The van der Waals surface area contributed by atoms with Gasteiger partial charge in [0, 0.05) is 36.4 Å². The van der Waals surface area contributed by atoms with Gasteiger partial charge in [0.2, 0.25) is 15.9 Å². The number of hydrogen-bond donors (Lipinski definition) is 4. The number of anilines is 2. The molecule has 0 bridgehead atoms. The highest BCUT2D eigenvalue weighted by atomic mass is 32.2. The van der Waals surface area contributed by atoms with Crippen LogP contribution in [0.5, 0.6) is 0 Å². The van der Waals surface area contributed by atoms with E-state index in [1.165, 1.54) is 24.3 Å². The number of benzene rings is 2. The van der Waals surface area contributed by atoms with Crippen molar-refractivity contribution in [2.24, 2.45) is 0 Å². The number of nitrogens with one attached hydrogen (secondary N) is 4. The van der Waals surface area contributed by atoms with Crippen LogP contribution in [0.1, 0.15) is 43.1 Å². The van der Waals surface area contributed by atoms with Crippen LogP contribution >= 0.6 is 0 Å². The van der Waals surface area contributed by atoms with Gasteiger partial charge in [0.15, 0.2) is 0 Å². The third-order valence-electron chi connectivity index (χ3n) is 4.17. The second-order valence-corrected chi connectivity index (χ2v) is 10.3. The monoisotopic (exact) mass is 490 g/mol. The summed E-state index contributed by atoms with van der Waals surface area (Å²) in [5.74, 6) is -0.563. The fraction of sp³-hybridized carbons (Fsp3) is 0.348. The van der Waals surface area contributed by atoms with E-state index in [9.17, 15) is 22.8 Å². The third-order valence-corrected chi connectivity index (χ3v) is 4.78. The van der Waals surface area contributed by atoms with Crippen LogP contribution in [0, 0.1) is 0 Å². The fourth-order valence-electron chi connectivity index (χ4n) is 2.69. The van der Waals surface area contributed by atoms with Gasteiger partial charge in [0.1, 0.15) is 5.60 Å². The van der Waals surface area contributed by atoms with Gasteiger partial charge in [-0.15, -0.1) is 0 Å². The second-order valence-electron chi connectivity index (χ2n) is 8.56. The lowest BCUT2D eigenvalue weighted by molar-refractivity contribution is -0.121. The molecule has 0 aliphatic carbocycles. The molecule has 2 aromatic carbocycles. The Kier molecular flexibility index (Phi) is 9.02. The first kappa shape index (κ1) is 26.7. The highest BCUT2D eigenvalue weighted by molar-refractivity contribution is 7.92. The van der Waals surface area contributed by atoms with Gasteiger partial charge in [-0.3, -0.25) is 14.3 Å². The average molecular weight is 491 g/mol. The van der Waals surface area contributed by atoms with E-state index in [-0.39, 0.29) is 24.8 Å². The van der Waals surface area contributed by atoms with Gasteiger partial charge in [-0.1, -0.05) is 12.1 Å². The molecule has 0 saturated heterocycles. The molecule has 0 aliphatic heterocycles. The molecule has 2 rings (SSSR count). The summed E-state index contributed by atoms with van der Waals surface area (Å²) in [6, 6.07) is 13.0. The average Bonchev–Trinajstić information content (AvgIpc) is 2.71. The smallest absolute Gasteiger partial charge is 0.407 e. The van der Waals surface area contributed by atoms with Crippen molar-refractivity contribution in [3.63, 3.8) is 0 Å². The molecule has 0 atom stereocenters. The maximum atomic E-state index is 12.4. The van der Waals surface area contributed by atoms with E-state index in [0.29, 0.717) is 23.5 Å². The van der Waals surface area contributed by atoms with Crippen molar-refractivity contribution in [2.45, 2.75) is 39.3 Å². The summed E-state index contributed by atoms with van der Waals surface area (Å²) in [7, 11) is -3.39. The molecule has 184 valence electrons. The topological polar surface area (TPSA) is 143 Å². The van der Waals surface area contributed by atoms with E-state index < -0.39 is 21.7 Å². The van der Waals surface area contributed by atoms with Crippen LogP contribution < -0.4 is 20.7 Å². The van der Waals surface area contributed by atoms with Gasteiger partial charge in [-0.25, -0.2) is 13.2 Å². The maximum Gasteiger partial charge on any atom is 0.407 e. The van der Waals surface area contributed by atoms with Crippen molar-refractivity contribution in [2.75, 3.05) is 22.8 Å². The normalized spacial score (nSPS) is 11.3. The molecule has 3 amide bonds. The number of ether oxygens (including phenoxy) is 1. The highest BCUT2D eigenvalue weighted by Crippen LogP contribution is 2.14. The van der Waals surface area contributed by atoms with Crippen molar-refractivity contribution >= 4 is 39.3 Å². The molecular weight excluding hydrogens is 460 g/mol. The predicted molar refractivity (Wildman–Crippen MR) is 130 cm³/mol. The first-order valence-electron chi connectivity index (χ1n) is 10.5. The molecule has 2 aromatic rings. The van der Waals surface area contributed by atoms with Crippen LogP contribution in [-0.2, 0) is 26.1 Å². The lowest BCUT2D eigenvalue weighted by Crippen LogP contribution is -2.35. The van der Waals surface area contributed by atoms with E-state index in [2.05, 4.69) is 20.7 Å². The molecule has 0 aliphatic rings. The number of amides is 3. The van der Waals surface area contributed by atoms with Gasteiger partial charge in [-0.2, -0.15) is 0 Å². The zero-order chi connectivity index (χ0) is 25.4. The largest absolute Gasteiger partial charge is 0.444 e. The lowest BCUT2D eigenvalue weighted by Gasteiger charge is -2.19. The summed E-state index contributed by atoms with van der Waals surface area (Å²) in [6.07, 6.45) is 0.595. The number of hydrogen-bond acceptors (Lipinski definition) is 6. The molecule has 0 aromatic heterocycles. The molecule has 34 heavy (non-hydrogen) atoms. The van der Waals surface area contributed by atoms with Crippen molar-refractivity contribution in [1.29, 1.82) is 0 Å². The summed E-state index contributed by atoms with van der Waals surface area (Å²) in [5, 5.41) is 8.04. The molecule has 0 heterocycles. The van der Waals surface area contributed by atoms with E-state index in [4.69, 9.17) is 4.74 Å². The van der Waals surface area contributed by atoms with Crippen molar-refractivity contribution in [3.8, 4) is 0 Å². The zero-order valence-electron chi connectivity index (χ0n) is 19.6. The fourth-order valence-corrected chi connectivity index (χ4v) is 3.26. The van der Waals surface area contributed by atoms with Crippen molar-refractivity contribution in [1.82, 2.24) is 10.6 Å². The van der Waals surface area contributed by atoms with Crippen LogP contribution in [-0.4, -0.2) is 44.7 Å². The van der Waals surface area contributed by atoms with Gasteiger partial charge in [-0.05, 0) is 62.7 Å². The van der Waals surface area contributed by atoms with Crippen LogP contribution in [0.4, 0.5) is 16.2 Å². The lowest BCUT2D eigenvalue weighted by atomic mass is 10.1. The highest BCUT2D eigenvalue weighted by Gasteiger charge is 2.16. The van der Waals surface area contributed by atoms with Crippen LogP contribution in [0.2, 0.25) is 0 Å². The summed E-state index contributed by atoms with van der Waals surface area (Å²) >= 11 is 0. The van der Waals surface area contributed by atoms with Gasteiger partial charge in [0.05, 0.1) is 6.26 Å². The number of rotatable bonds is 9. The Morgan fingerprint density at radius 1 is 0.882 bits per heavy atom. The Hall–Kier alpha value is -3.60. The zero-order valence-corrected chi connectivity index (χ0v) is 20.4. The van der Waals surface area contributed by atoms with Crippen LogP contribution in [0.25, 0.3) is 0 Å². The van der Waals surface area contributed by atoms with E-state index in [0.717, 1.165) is 11.8 Å². The minimum atomic E-state index is -3.39. The molecule has 0 fully saturated rings. The predicted octanol–water partition coefficient (Wildman–Crippen LogP) is 2.84. The van der Waals surface area contributed by atoms with E-state index in [1.807, 2.05) is 0 Å². The van der Waals surface area contributed by atoms with Crippen molar-refractivity contribution in [3.05, 3.63) is 59.7 Å². The van der Waals surface area contributed by atoms with Crippen LogP contribution in [0.3, 0.4) is 0 Å². The van der Waals surface area contributed by atoms with Crippen LogP contribution in [0.15, 0.2) is 48.5 Å². The van der Waals surface area contributed by atoms with Gasteiger partial charge >= 0.3 is 6.09 Å². The molecule has 11 heteroatoms. The Bertz CT molecular complexity index is 1110. The molecular formula is C23H30N4O6S. The Morgan fingerprint density at radius 2 is 1.47 bits per heavy atom. The molecule has 0 saturated carbocycles. The Labute approximate surface area is 199 Å². The Morgan fingerprint density at radius 3 is 2.03 bits per heavy atom. The van der Waals surface area contributed by atoms with E-state index >= 15 is 0 Å². The van der Waals surface area contributed by atoms with Gasteiger partial charge < -0.3 is 20.7 Å². The van der Waals surface area contributed by atoms with Crippen molar-refractivity contribution < 1.29 is 27.5 Å². The molecule has 0 radical (unpaired) electrons. The number of carbonyl (C=O) groups excluding carboxylic acids is 3. The second kappa shape index (κ2) is 11.5. The summed E-state index contributed by atoms with van der Waals surface area (Å²) in [5.41, 5.74) is 1.55. The molecule has 0 spiro atoms. The third kappa shape index (κ3) is 10.3. The summed E-state index contributed by atoms with van der Waals surface area (Å²) < 4.78 is 29.9.